The third-order valence-electron chi connectivity index (χ3n) is 4.93. The van der Waals surface area contributed by atoms with Crippen molar-refractivity contribution in [3.05, 3.63) is 58.9 Å². The van der Waals surface area contributed by atoms with Crippen LogP contribution in [0, 0.1) is 12.7 Å². The number of halogens is 1. The molecule has 1 aliphatic heterocycles. The summed E-state index contributed by atoms with van der Waals surface area (Å²) in [5.41, 5.74) is 2.18. The van der Waals surface area contributed by atoms with Crippen molar-refractivity contribution < 1.29 is 18.8 Å². The number of hydrogen-bond acceptors (Lipinski definition) is 4. The van der Waals surface area contributed by atoms with Crippen LogP contribution in [0.4, 0.5) is 10.1 Å². The first-order valence-electron chi connectivity index (χ1n) is 9.49. The molecule has 1 fully saturated rings. The molecule has 7 heteroatoms. The molecule has 0 aromatic heterocycles. The Kier molecular flexibility index (Phi) is 6.69. The molecule has 0 saturated carbocycles. The number of rotatable bonds is 6. The lowest BCUT2D eigenvalue weighted by molar-refractivity contribution is -0.113. The number of carbonyl (C=O) groups is 3. The molecule has 0 spiro atoms. The van der Waals surface area contributed by atoms with Crippen LogP contribution >= 0.6 is 11.8 Å². The zero-order chi connectivity index (χ0) is 21.0. The molecule has 2 aromatic rings. The summed E-state index contributed by atoms with van der Waals surface area (Å²) < 4.78 is 14.1. The molecule has 0 aliphatic carbocycles. The molecule has 2 amide bonds. The highest BCUT2D eigenvalue weighted by Crippen LogP contribution is 2.25. The van der Waals surface area contributed by atoms with Crippen LogP contribution in [0.5, 0.6) is 0 Å². The van der Waals surface area contributed by atoms with E-state index >= 15 is 0 Å². The second kappa shape index (κ2) is 9.22. The second-order valence-corrected chi connectivity index (χ2v) is 8.03. The fourth-order valence-electron chi connectivity index (χ4n) is 3.26. The Morgan fingerprint density at radius 2 is 1.86 bits per heavy atom. The highest BCUT2D eigenvalue weighted by molar-refractivity contribution is 8.00. The highest BCUT2D eigenvalue weighted by atomic mass is 32.2. The van der Waals surface area contributed by atoms with Gasteiger partial charge in [-0.25, -0.2) is 4.39 Å². The van der Waals surface area contributed by atoms with Gasteiger partial charge in [-0.3, -0.25) is 14.4 Å². The van der Waals surface area contributed by atoms with Crippen LogP contribution in [0.1, 0.15) is 46.0 Å². The van der Waals surface area contributed by atoms with Gasteiger partial charge in [-0.15, -0.1) is 11.8 Å². The van der Waals surface area contributed by atoms with Crippen molar-refractivity contribution in [1.82, 2.24) is 4.90 Å². The summed E-state index contributed by atoms with van der Waals surface area (Å²) in [6.07, 6.45) is 2.03. The maximum atomic E-state index is 14.1. The maximum absolute atomic E-state index is 14.1. The number of carbonyl (C=O) groups excluding carboxylic acids is 3. The van der Waals surface area contributed by atoms with Crippen molar-refractivity contribution in [3.8, 4) is 0 Å². The summed E-state index contributed by atoms with van der Waals surface area (Å²) in [5, 5.41) is 2.81. The van der Waals surface area contributed by atoms with E-state index in [4.69, 9.17) is 0 Å². The van der Waals surface area contributed by atoms with Crippen LogP contribution in [0.25, 0.3) is 0 Å². The molecular formula is C22H23FN2O3S. The summed E-state index contributed by atoms with van der Waals surface area (Å²) >= 11 is 1.06. The molecule has 3 rings (SSSR count). The standard InChI is InChI=1S/C22H23FN2O3S/c1-14-17(22(28)25-10-3-4-11-25)6-5-7-19(14)24-21(27)13-29-20-9-8-16(15(2)26)12-18(20)23/h5-9,12H,3-4,10-11,13H2,1-2H3,(H,24,27). The lowest BCUT2D eigenvalue weighted by Gasteiger charge is -2.18. The van der Waals surface area contributed by atoms with E-state index in [-0.39, 0.29) is 23.4 Å². The summed E-state index contributed by atoms with van der Waals surface area (Å²) in [4.78, 5) is 38.5. The van der Waals surface area contributed by atoms with E-state index in [1.165, 1.54) is 19.1 Å². The quantitative estimate of drug-likeness (QED) is 0.565. The van der Waals surface area contributed by atoms with Crippen molar-refractivity contribution in [3.63, 3.8) is 0 Å². The SMILES string of the molecule is CC(=O)c1ccc(SCC(=O)Nc2cccc(C(=O)N3CCCC3)c2C)c(F)c1. The van der Waals surface area contributed by atoms with Crippen molar-refractivity contribution in [1.29, 1.82) is 0 Å². The molecule has 1 N–H and O–H groups in total. The Hall–Kier alpha value is -2.67. The Morgan fingerprint density at radius 3 is 2.52 bits per heavy atom. The third-order valence-corrected chi connectivity index (χ3v) is 5.98. The number of anilines is 1. The van der Waals surface area contributed by atoms with E-state index in [1.807, 2.05) is 11.8 Å². The number of thioether (sulfide) groups is 1. The van der Waals surface area contributed by atoms with Gasteiger partial charge in [0.1, 0.15) is 5.82 Å². The average Bonchev–Trinajstić information content (AvgIpc) is 3.23. The molecule has 0 radical (unpaired) electrons. The van der Waals surface area contributed by atoms with E-state index in [2.05, 4.69) is 5.32 Å². The lowest BCUT2D eigenvalue weighted by Crippen LogP contribution is -2.28. The molecule has 1 saturated heterocycles. The van der Waals surface area contributed by atoms with E-state index < -0.39 is 5.82 Å². The van der Waals surface area contributed by atoms with E-state index in [9.17, 15) is 18.8 Å². The van der Waals surface area contributed by atoms with Gasteiger partial charge >= 0.3 is 0 Å². The number of nitrogens with one attached hydrogen (secondary N) is 1. The number of Topliss-reactive ketones (excluding diaryl/α,β-unsaturated/α-hetero) is 1. The van der Waals surface area contributed by atoms with Crippen LogP contribution in [-0.4, -0.2) is 41.3 Å². The minimum absolute atomic E-state index is 0.0140. The number of benzene rings is 2. The van der Waals surface area contributed by atoms with Crippen LogP contribution in [0.3, 0.4) is 0 Å². The smallest absolute Gasteiger partial charge is 0.254 e. The number of ketones is 1. The van der Waals surface area contributed by atoms with E-state index in [0.717, 1.165) is 43.3 Å². The normalized spacial score (nSPS) is 13.4. The maximum Gasteiger partial charge on any atom is 0.254 e. The topological polar surface area (TPSA) is 66.5 Å². The minimum Gasteiger partial charge on any atom is -0.339 e. The molecule has 29 heavy (non-hydrogen) atoms. The number of hydrogen-bond donors (Lipinski definition) is 1. The van der Waals surface area contributed by atoms with Gasteiger partial charge in [0.05, 0.1) is 5.75 Å². The highest BCUT2D eigenvalue weighted by Gasteiger charge is 2.22. The Bertz CT molecular complexity index is 955. The predicted octanol–water partition coefficient (Wildman–Crippen LogP) is 4.30. The molecular weight excluding hydrogens is 391 g/mol. The van der Waals surface area contributed by atoms with Gasteiger partial charge < -0.3 is 10.2 Å². The summed E-state index contributed by atoms with van der Waals surface area (Å²) in [6, 6.07) is 9.50. The minimum atomic E-state index is -0.523. The van der Waals surface area contributed by atoms with Crippen LogP contribution in [0.2, 0.25) is 0 Å². The lowest BCUT2D eigenvalue weighted by atomic mass is 10.1. The predicted molar refractivity (Wildman–Crippen MR) is 112 cm³/mol. The summed E-state index contributed by atoms with van der Waals surface area (Å²) in [5.74, 6) is -1.03. The fraction of sp³-hybridized carbons (Fsp3) is 0.318. The van der Waals surface area contributed by atoms with E-state index in [1.54, 1.807) is 24.3 Å². The molecule has 0 bridgehead atoms. The summed E-state index contributed by atoms with van der Waals surface area (Å²) in [7, 11) is 0. The van der Waals surface area contributed by atoms with Gasteiger partial charge in [0.2, 0.25) is 5.91 Å². The average molecular weight is 415 g/mol. The van der Waals surface area contributed by atoms with E-state index in [0.29, 0.717) is 21.7 Å². The van der Waals surface area contributed by atoms with Crippen LogP contribution in [0.15, 0.2) is 41.3 Å². The fourth-order valence-corrected chi connectivity index (χ4v) is 3.98. The van der Waals surface area contributed by atoms with Gasteiger partial charge in [0.15, 0.2) is 5.78 Å². The summed E-state index contributed by atoms with van der Waals surface area (Å²) in [6.45, 7) is 4.71. The molecule has 1 heterocycles. The first-order chi connectivity index (χ1) is 13.9. The number of likely N-dealkylation sites (tertiary alicyclic amines) is 1. The Morgan fingerprint density at radius 1 is 1.14 bits per heavy atom. The van der Waals surface area contributed by atoms with Gasteiger partial charge in [-0.2, -0.15) is 0 Å². The van der Waals surface area contributed by atoms with Gasteiger partial charge in [-0.1, -0.05) is 12.1 Å². The largest absolute Gasteiger partial charge is 0.339 e. The van der Waals surface area contributed by atoms with Crippen molar-refractivity contribution in [2.75, 3.05) is 24.2 Å². The van der Waals surface area contributed by atoms with Gasteiger partial charge in [0.25, 0.3) is 5.91 Å². The first kappa shape index (κ1) is 21.0. The number of nitrogens with zero attached hydrogens (tertiary/aromatic N) is 1. The second-order valence-electron chi connectivity index (χ2n) is 7.02. The zero-order valence-electron chi connectivity index (χ0n) is 16.5. The Labute approximate surface area is 173 Å². The molecule has 152 valence electrons. The molecule has 2 aromatic carbocycles. The Balaban J connectivity index is 1.64. The van der Waals surface area contributed by atoms with Crippen molar-refractivity contribution in [2.24, 2.45) is 0 Å². The van der Waals surface area contributed by atoms with Gasteiger partial charge in [-0.05, 0) is 56.5 Å². The zero-order valence-corrected chi connectivity index (χ0v) is 17.3. The molecule has 0 unspecified atom stereocenters. The third kappa shape index (κ3) is 5.03. The first-order valence-corrected chi connectivity index (χ1v) is 10.5. The molecule has 0 atom stereocenters. The van der Waals surface area contributed by atoms with Crippen molar-refractivity contribution in [2.45, 2.75) is 31.6 Å². The van der Waals surface area contributed by atoms with Crippen molar-refractivity contribution >= 4 is 35.0 Å². The molecule has 5 nitrogen and oxygen atoms in total. The van der Waals surface area contributed by atoms with Gasteiger partial charge in [0, 0.05) is 34.8 Å². The van der Waals surface area contributed by atoms with Crippen LogP contribution < -0.4 is 5.32 Å². The number of amides is 2. The molecule has 1 aliphatic rings. The monoisotopic (exact) mass is 414 g/mol. The van der Waals surface area contributed by atoms with Crippen LogP contribution in [-0.2, 0) is 4.79 Å².